The van der Waals surface area contributed by atoms with Gasteiger partial charge >= 0.3 is 6.03 Å². The number of nitrogens with zero attached hydrogens (tertiary/aromatic N) is 5. The third kappa shape index (κ3) is 4.42. The molecular formula is C21H29FN6O. The average Bonchev–Trinajstić information content (AvgIpc) is 3.30. The predicted octanol–water partition coefficient (Wildman–Crippen LogP) is 3.66. The summed E-state index contributed by atoms with van der Waals surface area (Å²) in [6, 6.07) is 6.19. The number of halogens is 1. The van der Waals surface area contributed by atoms with Crippen molar-refractivity contribution in [3.05, 3.63) is 42.0 Å². The fourth-order valence-electron chi connectivity index (χ4n) is 4.31. The first-order chi connectivity index (χ1) is 13.9. The van der Waals surface area contributed by atoms with Crippen LogP contribution in [0.1, 0.15) is 51.3 Å². The molecule has 4 rings (SSSR count). The second kappa shape index (κ2) is 8.10. The van der Waals surface area contributed by atoms with E-state index in [0.717, 1.165) is 31.6 Å². The predicted molar refractivity (Wildman–Crippen MR) is 109 cm³/mol. The van der Waals surface area contributed by atoms with E-state index in [1.54, 1.807) is 23.1 Å². The quantitative estimate of drug-likeness (QED) is 0.851. The lowest BCUT2D eigenvalue weighted by Gasteiger charge is -2.32. The van der Waals surface area contributed by atoms with Crippen LogP contribution in [0.3, 0.4) is 0 Å². The monoisotopic (exact) mass is 400 g/mol. The largest absolute Gasteiger partial charge is 0.324 e. The fourth-order valence-corrected chi connectivity index (χ4v) is 4.31. The smallest absolute Gasteiger partial charge is 0.321 e. The van der Waals surface area contributed by atoms with E-state index >= 15 is 0 Å². The van der Waals surface area contributed by atoms with Gasteiger partial charge in [-0.05, 0) is 58.2 Å². The highest BCUT2D eigenvalue weighted by atomic mass is 19.1. The Morgan fingerprint density at radius 2 is 2.00 bits per heavy atom. The van der Waals surface area contributed by atoms with Crippen molar-refractivity contribution in [2.45, 2.75) is 57.7 Å². The summed E-state index contributed by atoms with van der Waals surface area (Å²) in [5, 5.41) is 11.4. The molecule has 0 atom stereocenters. The van der Waals surface area contributed by atoms with E-state index in [-0.39, 0.29) is 23.3 Å². The lowest BCUT2D eigenvalue weighted by molar-refractivity contribution is 0.164. The maximum absolute atomic E-state index is 13.7. The zero-order valence-electron chi connectivity index (χ0n) is 17.1. The van der Waals surface area contributed by atoms with E-state index in [1.165, 1.54) is 18.9 Å². The molecule has 0 aliphatic carbocycles. The Labute approximate surface area is 170 Å². The maximum Gasteiger partial charge on any atom is 0.321 e. The van der Waals surface area contributed by atoms with Crippen molar-refractivity contribution < 1.29 is 9.18 Å². The number of carbonyl (C=O) groups excluding carboxylic acids is 1. The summed E-state index contributed by atoms with van der Waals surface area (Å²) in [7, 11) is 0. The number of piperidine rings is 1. The van der Waals surface area contributed by atoms with Crippen LogP contribution in [0, 0.1) is 5.82 Å². The second-order valence-corrected chi connectivity index (χ2v) is 8.66. The number of anilines is 1. The zero-order valence-corrected chi connectivity index (χ0v) is 17.1. The molecule has 2 amide bonds. The first-order valence-electron chi connectivity index (χ1n) is 10.4. The number of rotatable bonds is 4. The highest BCUT2D eigenvalue weighted by Gasteiger charge is 2.32. The summed E-state index contributed by atoms with van der Waals surface area (Å²) in [6.07, 6.45) is 6.11. The molecule has 0 unspecified atom stereocenters. The molecule has 0 saturated carbocycles. The number of hydrogen-bond acceptors (Lipinski definition) is 4. The molecule has 2 aromatic rings. The molecule has 1 N–H and O–H groups in total. The van der Waals surface area contributed by atoms with E-state index in [4.69, 9.17) is 0 Å². The van der Waals surface area contributed by atoms with Crippen LogP contribution in [0.2, 0.25) is 0 Å². The molecule has 2 saturated heterocycles. The highest BCUT2D eigenvalue weighted by molar-refractivity contribution is 5.89. The molecule has 1 aromatic carbocycles. The van der Waals surface area contributed by atoms with Gasteiger partial charge in [-0.3, -0.25) is 4.90 Å². The summed E-state index contributed by atoms with van der Waals surface area (Å²) in [5.41, 5.74) is 1.44. The van der Waals surface area contributed by atoms with E-state index in [0.29, 0.717) is 13.1 Å². The molecular weight excluding hydrogens is 371 g/mol. The standard InChI is InChI=1S/C21H29FN6O/c1-21(2)10-5-11-27(21)14-16-15-28(25-24-16)17-8-12-26(13-9-17)20(29)23-19-7-4-3-6-18(19)22/h3-4,6-7,15,17H,5,8-14H2,1-2H3,(H,23,29). The van der Waals surface area contributed by atoms with Crippen molar-refractivity contribution in [1.29, 1.82) is 0 Å². The molecule has 0 radical (unpaired) electrons. The third-order valence-electron chi connectivity index (χ3n) is 6.22. The van der Waals surface area contributed by atoms with Crippen LogP contribution in [0.25, 0.3) is 0 Å². The minimum Gasteiger partial charge on any atom is -0.324 e. The van der Waals surface area contributed by atoms with Gasteiger partial charge in [0, 0.05) is 25.2 Å². The molecule has 8 heteroatoms. The molecule has 0 bridgehead atoms. The van der Waals surface area contributed by atoms with Crippen molar-refractivity contribution >= 4 is 11.7 Å². The Hall–Kier alpha value is -2.48. The van der Waals surface area contributed by atoms with Crippen LogP contribution < -0.4 is 5.32 Å². The first kappa shape index (κ1) is 19.8. The Bertz CT molecular complexity index is 858. The van der Waals surface area contributed by atoms with Crippen LogP contribution in [0.15, 0.2) is 30.5 Å². The van der Waals surface area contributed by atoms with Gasteiger partial charge < -0.3 is 10.2 Å². The van der Waals surface area contributed by atoms with Gasteiger partial charge in [-0.25, -0.2) is 13.9 Å². The molecule has 156 valence electrons. The fraction of sp³-hybridized carbons (Fsp3) is 0.571. The Kier molecular flexibility index (Phi) is 5.54. The van der Waals surface area contributed by atoms with Crippen LogP contribution in [-0.4, -0.2) is 56.0 Å². The van der Waals surface area contributed by atoms with Crippen LogP contribution in [0.4, 0.5) is 14.9 Å². The lowest BCUT2D eigenvalue weighted by atomic mass is 10.0. The van der Waals surface area contributed by atoms with E-state index < -0.39 is 5.82 Å². The number of carbonyl (C=O) groups is 1. The molecule has 29 heavy (non-hydrogen) atoms. The SMILES string of the molecule is CC1(C)CCCN1Cc1cn(C2CCN(C(=O)Nc3ccccc3F)CC2)nn1. The number of likely N-dealkylation sites (tertiary alicyclic amines) is 2. The summed E-state index contributed by atoms with van der Waals surface area (Å²) in [4.78, 5) is 16.6. The van der Waals surface area contributed by atoms with Crippen molar-refractivity contribution in [2.75, 3.05) is 25.0 Å². The highest BCUT2D eigenvalue weighted by Crippen LogP contribution is 2.30. The minimum absolute atomic E-state index is 0.213. The molecule has 1 aromatic heterocycles. The average molecular weight is 401 g/mol. The van der Waals surface area contributed by atoms with Gasteiger partial charge in [0.25, 0.3) is 0 Å². The van der Waals surface area contributed by atoms with Gasteiger partial charge in [0.15, 0.2) is 0 Å². The second-order valence-electron chi connectivity index (χ2n) is 8.66. The van der Waals surface area contributed by atoms with Gasteiger partial charge in [0.05, 0.1) is 23.6 Å². The maximum atomic E-state index is 13.7. The van der Waals surface area contributed by atoms with Gasteiger partial charge in [0.2, 0.25) is 0 Å². The topological polar surface area (TPSA) is 66.3 Å². The number of aromatic nitrogens is 3. The van der Waals surface area contributed by atoms with Crippen molar-refractivity contribution in [3.8, 4) is 0 Å². The third-order valence-corrected chi connectivity index (χ3v) is 6.22. The Morgan fingerprint density at radius 1 is 1.24 bits per heavy atom. The van der Waals surface area contributed by atoms with Crippen LogP contribution >= 0.6 is 0 Å². The van der Waals surface area contributed by atoms with Crippen LogP contribution in [0.5, 0.6) is 0 Å². The number of para-hydroxylation sites is 1. The van der Waals surface area contributed by atoms with Crippen molar-refractivity contribution in [3.63, 3.8) is 0 Å². The van der Waals surface area contributed by atoms with Crippen molar-refractivity contribution in [1.82, 2.24) is 24.8 Å². The number of urea groups is 1. The Balaban J connectivity index is 1.30. The minimum atomic E-state index is -0.424. The zero-order chi connectivity index (χ0) is 20.4. The number of amides is 2. The summed E-state index contributed by atoms with van der Waals surface area (Å²) in [6.45, 7) is 7.73. The molecule has 2 aliphatic rings. The molecule has 2 aliphatic heterocycles. The normalized spacial score (nSPS) is 20.2. The van der Waals surface area contributed by atoms with Gasteiger partial charge in [-0.2, -0.15) is 0 Å². The van der Waals surface area contributed by atoms with Gasteiger partial charge in [-0.15, -0.1) is 5.10 Å². The summed E-state index contributed by atoms with van der Waals surface area (Å²) < 4.78 is 15.7. The number of hydrogen-bond donors (Lipinski definition) is 1. The lowest BCUT2D eigenvalue weighted by Crippen LogP contribution is -2.41. The summed E-state index contributed by atoms with van der Waals surface area (Å²) in [5.74, 6) is -0.424. The van der Waals surface area contributed by atoms with Crippen LogP contribution in [-0.2, 0) is 6.54 Å². The van der Waals surface area contributed by atoms with E-state index in [2.05, 4.69) is 34.4 Å². The summed E-state index contributed by atoms with van der Waals surface area (Å²) >= 11 is 0. The Morgan fingerprint density at radius 3 is 2.69 bits per heavy atom. The van der Waals surface area contributed by atoms with Crippen molar-refractivity contribution in [2.24, 2.45) is 0 Å². The van der Waals surface area contributed by atoms with E-state index in [9.17, 15) is 9.18 Å². The number of nitrogens with one attached hydrogen (secondary N) is 1. The first-order valence-corrected chi connectivity index (χ1v) is 10.4. The molecule has 2 fully saturated rings. The molecule has 7 nitrogen and oxygen atoms in total. The number of benzene rings is 1. The van der Waals surface area contributed by atoms with E-state index in [1.807, 2.05) is 10.9 Å². The molecule has 0 spiro atoms. The molecule has 3 heterocycles. The van der Waals surface area contributed by atoms with Gasteiger partial charge in [0.1, 0.15) is 5.82 Å². The van der Waals surface area contributed by atoms with Gasteiger partial charge in [-0.1, -0.05) is 17.3 Å².